The average Bonchev–Trinajstić information content (AvgIpc) is 2.93. The third-order valence-corrected chi connectivity index (χ3v) is 4.91. The van der Waals surface area contributed by atoms with Crippen LogP contribution in [0.1, 0.15) is 26.2 Å². The number of ether oxygens (including phenoxy) is 1. The summed E-state index contributed by atoms with van der Waals surface area (Å²) in [6.07, 6.45) is 3.42. The lowest BCUT2D eigenvalue weighted by Crippen LogP contribution is -2.48. The number of hydrogen-bond donors (Lipinski definition) is 1. The Morgan fingerprint density at radius 2 is 2.37 bits per heavy atom. The van der Waals surface area contributed by atoms with Crippen molar-refractivity contribution in [3.63, 3.8) is 0 Å². The molecule has 8 heteroatoms. The first-order valence-electron chi connectivity index (χ1n) is 6.25. The van der Waals surface area contributed by atoms with Gasteiger partial charge in [0, 0.05) is 6.54 Å². The van der Waals surface area contributed by atoms with Crippen LogP contribution in [0.2, 0.25) is 0 Å². The summed E-state index contributed by atoms with van der Waals surface area (Å²) in [5.74, 6) is -0.481. The summed E-state index contributed by atoms with van der Waals surface area (Å²) in [7, 11) is -3.72. The number of nitrogens with one attached hydrogen (secondary N) is 1. The monoisotopic (exact) mass is 287 g/mol. The minimum Gasteiger partial charge on any atom is -0.465 e. The number of carbonyl (C=O) groups excluding carboxylic acids is 1. The van der Waals surface area contributed by atoms with E-state index in [2.05, 4.69) is 10.2 Å². The summed E-state index contributed by atoms with van der Waals surface area (Å²) in [6, 6.07) is 0.647. The van der Waals surface area contributed by atoms with E-state index in [4.69, 9.17) is 4.74 Å². The van der Waals surface area contributed by atoms with Crippen molar-refractivity contribution in [1.82, 2.24) is 14.5 Å². The Balaban J connectivity index is 2.27. The van der Waals surface area contributed by atoms with E-state index in [-0.39, 0.29) is 11.6 Å². The zero-order valence-corrected chi connectivity index (χ0v) is 11.5. The number of H-pyrrole nitrogens is 1. The first kappa shape index (κ1) is 14.0. The van der Waals surface area contributed by atoms with Crippen LogP contribution in [0, 0.1) is 0 Å². The van der Waals surface area contributed by atoms with Crippen molar-refractivity contribution in [3.8, 4) is 0 Å². The molecule has 19 heavy (non-hydrogen) atoms. The summed E-state index contributed by atoms with van der Waals surface area (Å²) in [5, 5.41) is 6.08. The molecule has 1 N–H and O–H groups in total. The molecule has 0 spiro atoms. The normalized spacial score (nSPS) is 21.2. The minimum atomic E-state index is -3.72. The molecule has 2 rings (SSSR count). The Bertz CT molecular complexity index is 526. The van der Waals surface area contributed by atoms with Gasteiger partial charge < -0.3 is 4.74 Å². The van der Waals surface area contributed by atoms with Gasteiger partial charge in [-0.2, -0.15) is 9.40 Å². The molecule has 0 bridgehead atoms. The van der Waals surface area contributed by atoms with Gasteiger partial charge in [0.1, 0.15) is 6.04 Å². The fourth-order valence-corrected chi connectivity index (χ4v) is 3.73. The van der Waals surface area contributed by atoms with Crippen LogP contribution in [-0.2, 0) is 19.6 Å². The molecule has 1 aromatic rings. The van der Waals surface area contributed by atoms with E-state index in [9.17, 15) is 13.2 Å². The first-order chi connectivity index (χ1) is 9.07. The van der Waals surface area contributed by atoms with Crippen LogP contribution in [0.25, 0.3) is 0 Å². The molecular weight excluding hydrogens is 270 g/mol. The van der Waals surface area contributed by atoms with E-state index in [1.807, 2.05) is 0 Å². The lowest BCUT2D eigenvalue weighted by atomic mass is 10.1. The zero-order chi connectivity index (χ0) is 13.9. The highest BCUT2D eigenvalue weighted by atomic mass is 32.2. The molecule has 2 heterocycles. The highest BCUT2D eigenvalue weighted by Gasteiger charge is 2.39. The summed E-state index contributed by atoms with van der Waals surface area (Å²) >= 11 is 0. The maximum atomic E-state index is 12.4. The smallest absolute Gasteiger partial charge is 0.324 e. The van der Waals surface area contributed by atoms with Crippen molar-refractivity contribution in [2.45, 2.75) is 37.3 Å². The number of carbonyl (C=O) groups is 1. The number of piperidine rings is 1. The zero-order valence-electron chi connectivity index (χ0n) is 10.7. The molecule has 1 atom stereocenters. The second-order valence-corrected chi connectivity index (χ2v) is 6.16. The van der Waals surface area contributed by atoms with E-state index < -0.39 is 22.0 Å². The second-order valence-electron chi connectivity index (χ2n) is 4.30. The molecule has 106 valence electrons. The SMILES string of the molecule is CCOC(=O)C1CCCCN1S(=O)(=O)c1ccn[nH]1. The van der Waals surface area contributed by atoms with Gasteiger partial charge in [0.25, 0.3) is 10.0 Å². The molecule has 1 aliphatic heterocycles. The molecule has 1 unspecified atom stereocenters. The average molecular weight is 287 g/mol. The van der Waals surface area contributed by atoms with Gasteiger partial charge in [-0.25, -0.2) is 8.42 Å². The Morgan fingerprint density at radius 1 is 1.58 bits per heavy atom. The third-order valence-electron chi connectivity index (χ3n) is 3.07. The van der Waals surface area contributed by atoms with E-state index >= 15 is 0 Å². The third kappa shape index (κ3) is 2.79. The molecule has 0 amide bonds. The molecule has 1 saturated heterocycles. The highest BCUT2D eigenvalue weighted by molar-refractivity contribution is 7.89. The van der Waals surface area contributed by atoms with Crippen LogP contribution in [0.4, 0.5) is 0 Å². The van der Waals surface area contributed by atoms with Gasteiger partial charge in [0.2, 0.25) is 0 Å². The Morgan fingerprint density at radius 3 is 3.00 bits per heavy atom. The molecule has 7 nitrogen and oxygen atoms in total. The highest BCUT2D eigenvalue weighted by Crippen LogP contribution is 2.25. The molecule has 0 aliphatic carbocycles. The van der Waals surface area contributed by atoms with Crippen LogP contribution in [0.15, 0.2) is 17.3 Å². The van der Waals surface area contributed by atoms with Crippen molar-refractivity contribution < 1.29 is 17.9 Å². The number of aromatic nitrogens is 2. The van der Waals surface area contributed by atoms with Gasteiger partial charge in [-0.15, -0.1) is 0 Å². The van der Waals surface area contributed by atoms with Crippen molar-refractivity contribution in [1.29, 1.82) is 0 Å². The molecule has 1 aliphatic rings. The fraction of sp³-hybridized carbons (Fsp3) is 0.636. The summed E-state index contributed by atoms with van der Waals surface area (Å²) in [6.45, 7) is 2.27. The van der Waals surface area contributed by atoms with Crippen LogP contribution in [-0.4, -0.2) is 48.1 Å². The number of hydrogen-bond acceptors (Lipinski definition) is 5. The summed E-state index contributed by atoms with van der Waals surface area (Å²) in [4.78, 5) is 11.9. The minimum absolute atomic E-state index is 0.00342. The largest absolute Gasteiger partial charge is 0.465 e. The van der Waals surface area contributed by atoms with Crippen LogP contribution in [0.5, 0.6) is 0 Å². The molecule has 0 radical (unpaired) electrons. The standard InChI is InChI=1S/C11H17N3O4S/c1-2-18-11(15)9-5-3-4-8-14(9)19(16,17)10-6-7-12-13-10/h6-7,9H,2-5,8H2,1H3,(H,12,13). The van der Waals surface area contributed by atoms with Gasteiger partial charge in [0.05, 0.1) is 12.8 Å². The number of esters is 1. The van der Waals surface area contributed by atoms with E-state index in [0.717, 1.165) is 12.8 Å². The van der Waals surface area contributed by atoms with Gasteiger partial charge in [-0.05, 0) is 32.3 Å². The fourth-order valence-electron chi connectivity index (χ4n) is 2.18. The number of sulfonamides is 1. The lowest BCUT2D eigenvalue weighted by molar-refractivity contribution is -0.148. The Kier molecular flexibility index (Phi) is 4.20. The Labute approximate surface area is 112 Å². The van der Waals surface area contributed by atoms with Gasteiger partial charge in [-0.1, -0.05) is 0 Å². The maximum absolute atomic E-state index is 12.4. The maximum Gasteiger partial charge on any atom is 0.324 e. The topological polar surface area (TPSA) is 92.4 Å². The first-order valence-corrected chi connectivity index (χ1v) is 7.69. The van der Waals surface area contributed by atoms with Crippen molar-refractivity contribution in [2.24, 2.45) is 0 Å². The molecule has 0 saturated carbocycles. The van der Waals surface area contributed by atoms with E-state index in [1.165, 1.54) is 16.6 Å². The Hall–Kier alpha value is -1.41. The van der Waals surface area contributed by atoms with Crippen molar-refractivity contribution in [2.75, 3.05) is 13.2 Å². The predicted molar refractivity (Wildman–Crippen MR) is 66.8 cm³/mol. The lowest BCUT2D eigenvalue weighted by Gasteiger charge is -2.32. The molecule has 1 aromatic heterocycles. The van der Waals surface area contributed by atoms with Crippen LogP contribution >= 0.6 is 0 Å². The van der Waals surface area contributed by atoms with Crippen LogP contribution in [0.3, 0.4) is 0 Å². The number of rotatable bonds is 4. The van der Waals surface area contributed by atoms with E-state index in [0.29, 0.717) is 13.0 Å². The predicted octanol–water partition coefficient (Wildman–Crippen LogP) is 0.516. The molecule has 1 fully saturated rings. The number of aromatic amines is 1. The van der Waals surface area contributed by atoms with Gasteiger partial charge in [0.15, 0.2) is 5.03 Å². The summed E-state index contributed by atoms with van der Waals surface area (Å²) < 4.78 is 31.0. The van der Waals surface area contributed by atoms with Crippen molar-refractivity contribution >= 4 is 16.0 Å². The van der Waals surface area contributed by atoms with Crippen molar-refractivity contribution in [3.05, 3.63) is 12.3 Å². The number of nitrogens with zero attached hydrogens (tertiary/aromatic N) is 2. The van der Waals surface area contributed by atoms with Gasteiger partial charge in [-0.3, -0.25) is 9.89 Å². The molecular formula is C11H17N3O4S. The van der Waals surface area contributed by atoms with E-state index in [1.54, 1.807) is 6.92 Å². The van der Waals surface area contributed by atoms with Crippen LogP contribution < -0.4 is 0 Å². The molecule has 0 aromatic carbocycles. The summed E-state index contributed by atoms with van der Waals surface area (Å²) in [5.41, 5.74) is 0. The quantitative estimate of drug-likeness (QED) is 0.815. The van der Waals surface area contributed by atoms with Gasteiger partial charge >= 0.3 is 5.97 Å². The second kappa shape index (κ2) is 5.70.